The van der Waals surface area contributed by atoms with E-state index in [9.17, 15) is 9.59 Å². The number of hydrogen-bond donors (Lipinski definition) is 3. The maximum absolute atomic E-state index is 12.5. The monoisotopic (exact) mass is 457 g/mol. The minimum absolute atomic E-state index is 0.100. The molecule has 0 saturated heterocycles. The molecular formula is C26H27N5O3. The number of benzene rings is 2. The Labute approximate surface area is 197 Å². The summed E-state index contributed by atoms with van der Waals surface area (Å²) in [6.07, 6.45) is 3.13. The lowest BCUT2D eigenvalue weighted by Crippen LogP contribution is -2.33. The van der Waals surface area contributed by atoms with Gasteiger partial charge >= 0.3 is 0 Å². The number of carbonyl (C=O) groups excluding carboxylic acids is 2. The smallest absolute Gasteiger partial charge is 0.288 e. The number of carbonyl (C=O) groups is 2. The Bertz CT molecular complexity index is 1260. The van der Waals surface area contributed by atoms with E-state index in [1.165, 1.54) is 6.20 Å². The molecule has 0 bridgehead atoms. The topological polar surface area (TPSA) is 113 Å². The summed E-state index contributed by atoms with van der Waals surface area (Å²) in [6, 6.07) is 18.9. The van der Waals surface area contributed by atoms with Gasteiger partial charge in [-0.25, -0.2) is 4.98 Å². The summed E-state index contributed by atoms with van der Waals surface area (Å²) < 4.78 is 5.71. The third kappa shape index (κ3) is 5.40. The Hall–Kier alpha value is -4.20. The molecule has 0 aliphatic rings. The SMILES string of the molecule is CCC(CC)NC(=O)c1cnc(-c2cccc(-c3cc(C(=O)NCc4ccccc4)[nH]n3)c2)o1. The molecular weight excluding hydrogens is 430 g/mol. The molecule has 0 saturated carbocycles. The molecule has 2 aromatic heterocycles. The van der Waals surface area contributed by atoms with Crippen LogP contribution in [-0.4, -0.2) is 33.0 Å². The zero-order valence-electron chi connectivity index (χ0n) is 19.2. The Morgan fingerprint density at radius 1 is 0.971 bits per heavy atom. The average Bonchev–Trinajstić information content (AvgIpc) is 3.57. The van der Waals surface area contributed by atoms with Crippen LogP contribution in [-0.2, 0) is 6.54 Å². The van der Waals surface area contributed by atoms with Crippen molar-refractivity contribution in [2.75, 3.05) is 0 Å². The molecule has 0 atom stereocenters. The summed E-state index contributed by atoms with van der Waals surface area (Å²) in [7, 11) is 0. The van der Waals surface area contributed by atoms with Crippen LogP contribution in [0.2, 0.25) is 0 Å². The van der Waals surface area contributed by atoms with Crippen LogP contribution in [0.1, 0.15) is 53.3 Å². The second-order valence-electron chi connectivity index (χ2n) is 7.93. The van der Waals surface area contributed by atoms with E-state index in [0.29, 0.717) is 29.4 Å². The normalized spacial score (nSPS) is 10.9. The molecule has 174 valence electrons. The molecule has 8 heteroatoms. The number of nitrogens with zero attached hydrogens (tertiary/aromatic N) is 2. The Balaban J connectivity index is 1.45. The third-order valence-corrected chi connectivity index (χ3v) is 5.57. The molecule has 0 radical (unpaired) electrons. The second-order valence-corrected chi connectivity index (χ2v) is 7.93. The summed E-state index contributed by atoms with van der Waals surface area (Å²) in [5, 5.41) is 12.9. The van der Waals surface area contributed by atoms with Crippen molar-refractivity contribution in [1.82, 2.24) is 25.8 Å². The van der Waals surface area contributed by atoms with Gasteiger partial charge in [0.2, 0.25) is 11.7 Å². The Kier molecular flexibility index (Phi) is 7.17. The highest BCUT2D eigenvalue weighted by molar-refractivity contribution is 5.93. The molecule has 3 N–H and O–H groups in total. The van der Waals surface area contributed by atoms with Gasteiger partial charge in [-0.1, -0.05) is 56.3 Å². The van der Waals surface area contributed by atoms with Gasteiger partial charge in [0.05, 0.1) is 11.9 Å². The van der Waals surface area contributed by atoms with E-state index in [0.717, 1.165) is 24.0 Å². The zero-order valence-corrected chi connectivity index (χ0v) is 19.2. The first-order valence-corrected chi connectivity index (χ1v) is 11.3. The van der Waals surface area contributed by atoms with E-state index in [4.69, 9.17) is 4.42 Å². The molecule has 0 aliphatic carbocycles. The number of nitrogens with one attached hydrogen (secondary N) is 3. The van der Waals surface area contributed by atoms with E-state index in [2.05, 4.69) is 25.8 Å². The number of aromatic amines is 1. The maximum Gasteiger partial charge on any atom is 0.288 e. The molecule has 2 aromatic carbocycles. The van der Waals surface area contributed by atoms with Crippen molar-refractivity contribution < 1.29 is 14.0 Å². The van der Waals surface area contributed by atoms with Crippen LogP contribution in [0, 0.1) is 0 Å². The predicted octanol–water partition coefficient (Wildman–Crippen LogP) is 4.58. The quantitative estimate of drug-likeness (QED) is 0.340. The summed E-state index contributed by atoms with van der Waals surface area (Å²) in [6.45, 7) is 4.49. The van der Waals surface area contributed by atoms with Crippen LogP contribution >= 0.6 is 0 Å². The van der Waals surface area contributed by atoms with Crippen molar-refractivity contribution in [3.8, 4) is 22.7 Å². The molecule has 0 unspecified atom stereocenters. The number of oxazole rings is 1. The molecule has 2 amide bonds. The van der Waals surface area contributed by atoms with Crippen LogP contribution in [0.5, 0.6) is 0 Å². The van der Waals surface area contributed by atoms with Gasteiger partial charge in [-0.3, -0.25) is 14.7 Å². The van der Waals surface area contributed by atoms with Gasteiger partial charge in [-0.2, -0.15) is 5.10 Å². The number of amides is 2. The standard InChI is InChI=1S/C26H27N5O3/c1-3-20(4-2)29-25(33)23-16-28-26(34-23)19-12-8-11-18(13-19)21-14-22(31-30-21)24(32)27-15-17-9-6-5-7-10-17/h5-14,16,20H,3-4,15H2,1-2H3,(H,27,32)(H,29,33)(H,30,31). The van der Waals surface area contributed by atoms with Gasteiger partial charge in [0.15, 0.2) is 0 Å². The van der Waals surface area contributed by atoms with Crippen LogP contribution in [0.4, 0.5) is 0 Å². The fourth-order valence-corrected chi connectivity index (χ4v) is 3.53. The predicted molar refractivity (Wildman–Crippen MR) is 129 cm³/mol. The molecule has 0 spiro atoms. The van der Waals surface area contributed by atoms with E-state index in [1.54, 1.807) is 6.07 Å². The summed E-state index contributed by atoms with van der Waals surface area (Å²) >= 11 is 0. The molecule has 4 rings (SSSR count). The van der Waals surface area contributed by atoms with Crippen molar-refractivity contribution >= 4 is 11.8 Å². The van der Waals surface area contributed by atoms with E-state index >= 15 is 0 Å². The fraction of sp³-hybridized carbons (Fsp3) is 0.231. The number of H-pyrrole nitrogens is 1. The van der Waals surface area contributed by atoms with Crippen molar-refractivity contribution in [2.45, 2.75) is 39.3 Å². The molecule has 2 heterocycles. The van der Waals surface area contributed by atoms with Crippen molar-refractivity contribution in [2.24, 2.45) is 0 Å². The van der Waals surface area contributed by atoms with Crippen LogP contribution in [0.15, 0.2) is 71.3 Å². The molecule has 0 aliphatic heterocycles. The lowest BCUT2D eigenvalue weighted by Gasteiger charge is -2.12. The van der Waals surface area contributed by atoms with Crippen molar-refractivity contribution in [1.29, 1.82) is 0 Å². The Morgan fingerprint density at radius 2 is 1.74 bits per heavy atom. The number of hydrogen-bond acceptors (Lipinski definition) is 5. The highest BCUT2D eigenvalue weighted by Crippen LogP contribution is 2.25. The Morgan fingerprint density at radius 3 is 2.50 bits per heavy atom. The van der Waals surface area contributed by atoms with E-state index in [-0.39, 0.29) is 23.6 Å². The molecule has 34 heavy (non-hydrogen) atoms. The lowest BCUT2D eigenvalue weighted by molar-refractivity contribution is 0.0906. The first kappa shape index (κ1) is 23.0. The minimum Gasteiger partial charge on any atom is -0.431 e. The highest BCUT2D eigenvalue weighted by atomic mass is 16.4. The van der Waals surface area contributed by atoms with Gasteiger partial charge in [0, 0.05) is 23.7 Å². The first-order valence-electron chi connectivity index (χ1n) is 11.3. The molecule has 4 aromatic rings. The summed E-state index contributed by atoms with van der Waals surface area (Å²) in [4.78, 5) is 29.2. The maximum atomic E-state index is 12.5. The van der Waals surface area contributed by atoms with E-state index < -0.39 is 0 Å². The van der Waals surface area contributed by atoms with Crippen LogP contribution in [0.25, 0.3) is 22.7 Å². The zero-order chi connectivity index (χ0) is 23.9. The van der Waals surface area contributed by atoms with Gasteiger partial charge in [-0.05, 0) is 36.6 Å². The largest absolute Gasteiger partial charge is 0.431 e. The van der Waals surface area contributed by atoms with Gasteiger partial charge < -0.3 is 15.1 Å². The second kappa shape index (κ2) is 10.6. The number of rotatable bonds is 9. The van der Waals surface area contributed by atoms with Crippen LogP contribution < -0.4 is 10.6 Å². The fourth-order valence-electron chi connectivity index (χ4n) is 3.53. The number of aromatic nitrogens is 3. The van der Waals surface area contributed by atoms with E-state index in [1.807, 2.05) is 68.4 Å². The molecule has 8 nitrogen and oxygen atoms in total. The van der Waals surface area contributed by atoms with Crippen molar-refractivity contribution in [3.63, 3.8) is 0 Å². The van der Waals surface area contributed by atoms with Gasteiger partial charge in [0.1, 0.15) is 5.69 Å². The van der Waals surface area contributed by atoms with Crippen LogP contribution in [0.3, 0.4) is 0 Å². The first-order chi connectivity index (χ1) is 16.6. The average molecular weight is 458 g/mol. The van der Waals surface area contributed by atoms with Crippen molar-refractivity contribution in [3.05, 3.63) is 83.9 Å². The lowest BCUT2D eigenvalue weighted by atomic mass is 10.1. The third-order valence-electron chi connectivity index (χ3n) is 5.57. The molecule has 0 fully saturated rings. The summed E-state index contributed by atoms with van der Waals surface area (Å²) in [5.74, 6) is -0.000931. The van der Waals surface area contributed by atoms with Gasteiger partial charge in [-0.15, -0.1) is 0 Å². The summed E-state index contributed by atoms with van der Waals surface area (Å²) in [5.41, 5.74) is 3.49. The highest BCUT2D eigenvalue weighted by Gasteiger charge is 2.17. The minimum atomic E-state index is -0.276. The van der Waals surface area contributed by atoms with Gasteiger partial charge in [0.25, 0.3) is 11.8 Å².